The van der Waals surface area contributed by atoms with Gasteiger partial charge in [-0.1, -0.05) is 25.0 Å². The molecule has 1 heterocycles. The topological polar surface area (TPSA) is 101 Å². The molecule has 0 spiro atoms. The molecule has 1 aromatic rings. The highest BCUT2D eigenvalue weighted by molar-refractivity contribution is 7.89. The number of carbonyl (C=O) groups is 1. The lowest BCUT2D eigenvalue weighted by molar-refractivity contribution is -0.133. The zero-order chi connectivity index (χ0) is 17.2. The summed E-state index contributed by atoms with van der Waals surface area (Å²) in [6.07, 6.45) is 5.12. The smallest absolute Gasteiger partial charge is 0.238 e. The van der Waals surface area contributed by atoms with E-state index in [1.807, 2.05) is 0 Å². The summed E-state index contributed by atoms with van der Waals surface area (Å²) in [5, 5.41) is 11.6. The van der Waals surface area contributed by atoms with Gasteiger partial charge in [-0.15, -0.1) is 12.4 Å². The molecule has 1 aliphatic carbocycles. The number of fused-ring (bicyclic) bond motifs is 1. The van der Waals surface area contributed by atoms with Crippen molar-refractivity contribution in [1.29, 1.82) is 0 Å². The van der Waals surface area contributed by atoms with Gasteiger partial charge in [0, 0.05) is 13.1 Å². The Kier molecular flexibility index (Phi) is 6.48. The Morgan fingerprint density at radius 3 is 2.68 bits per heavy atom. The number of hydrogen-bond donors (Lipinski definition) is 3. The molecule has 2 aliphatic rings. The van der Waals surface area contributed by atoms with E-state index in [2.05, 4.69) is 10.6 Å². The summed E-state index contributed by atoms with van der Waals surface area (Å²) < 4.78 is 22.5. The van der Waals surface area contributed by atoms with Crippen LogP contribution in [0.15, 0.2) is 29.2 Å². The van der Waals surface area contributed by atoms with Crippen LogP contribution in [0.1, 0.15) is 31.2 Å². The minimum Gasteiger partial charge on any atom is -0.355 e. The molecule has 1 saturated heterocycles. The second kappa shape index (κ2) is 8.03. The van der Waals surface area contributed by atoms with Gasteiger partial charge in [-0.3, -0.25) is 4.79 Å². The van der Waals surface area contributed by atoms with Gasteiger partial charge >= 0.3 is 0 Å². The SMILES string of the molecule is Cl.NS(=O)(=O)c1ccc(CCNC(=O)[C@@]23CCCC[C@H]2CNC3)cc1. The number of amides is 1. The molecule has 0 aromatic heterocycles. The quantitative estimate of drug-likeness (QED) is 0.706. The molecular weight excluding hydrogens is 362 g/mol. The zero-order valence-corrected chi connectivity index (χ0v) is 15.8. The van der Waals surface area contributed by atoms with Crippen molar-refractivity contribution >= 4 is 28.3 Å². The Hall–Kier alpha value is -1.15. The monoisotopic (exact) mass is 387 g/mol. The number of rotatable bonds is 5. The van der Waals surface area contributed by atoms with Gasteiger partial charge in [-0.2, -0.15) is 0 Å². The molecule has 2 fully saturated rings. The number of halogens is 1. The predicted molar refractivity (Wildman–Crippen MR) is 99.0 cm³/mol. The molecule has 3 rings (SSSR count). The molecule has 4 N–H and O–H groups in total. The Balaban J connectivity index is 0.00000225. The van der Waals surface area contributed by atoms with Crippen molar-refractivity contribution < 1.29 is 13.2 Å². The molecule has 1 saturated carbocycles. The van der Waals surface area contributed by atoms with Gasteiger partial charge in [-0.25, -0.2) is 13.6 Å². The van der Waals surface area contributed by atoms with E-state index in [0.717, 1.165) is 37.9 Å². The van der Waals surface area contributed by atoms with E-state index in [-0.39, 0.29) is 28.6 Å². The molecular formula is C17H26ClN3O3S. The van der Waals surface area contributed by atoms with E-state index < -0.39 is 10.0 Å². The maximum Gasteiger partial charge on any atom is 0.238 e. The van der Waals surface area contributed by atoms with Crippen molar-refractivity contribution in [1.82, 2.24) is 10.6 Å². The van der Waals surface area contributed by atoms with Gasteiger partial charge in [0.05, 0.1) is 10.3 Å². The first-order chi connectivity index (χ1) is 11.4. The van der Waals surface area contributed by atoms with Gasteiger partial charge in [0.1, 0.15) is 0 Å². The van der Waals surface area contributed by atoms with Crippen molar-refractivity contribution in [3.8, 4) is 0 Å². The van der Waals surface area contributed by atoms with E-state index >= 15 is 0 Å². The fourth-order valence-electron chi connectivity index (χ4n) is 4.03. The maximum atomic E-state index is 12.7. The first-order valence-electron chi connectivity index (χ1n) is 8.53. The van der Waals surface area contributed by atoms with E-state index in [9.17, 15) is 13.2 Å². The van der Waals surface area contributed by atoms with Crippen molar-refractivity contribution in [3.05, 3.63) is 29.8 Å². The molecule has 0 bridgehead atoms. The van der Waals surface area contributed by atoms with Crippen LogP contribution in [0.25, 0.3) is 0 Å². The summed E-state index contributed by atoms with van der Waals surface area (Å²) in [7, 11) is -3.66. The van der Waals surface area contributed by atoms with Crippen LogP contribution in [0.5, 0.6) is 0 Å². The van der Waals surface area contributed by atoms with Gasteiger partial charge in [-0.05, 0) is 49.4 Å². The van der Waals surface area contributed by atoms with Gasteiger partial charge in [0.2, 0.25) is 15.9 Å². The highest BCUT2D eigenvalue weighted by Gasteiger charge is 2.49. The Bertz CT molecular complexity index is 708. The van der Waals surface area contributed by atoms with Crippen molar-refractivity contribution in [2.45, 2.75) is 37.0 Å². The summed E-state index contributed by atoms with van der Waals surface area (Å²) in [4.78, 5) is 12.8. The standard InChI is InChI=1S/C17H25N3O3S.ClH/c18-24(22,23)15-6-4-13(5-7-15)8-10-20-16(21)17-9-2-1-3-14(17)11-19-12-17;/h4-7,14,19H,1-3,8-12H2,(H,20,21)(H2,18,22,23);1H/t14-,17+;/m0./s1. The molecule has 0 unspecified atom stereocenters. The number of nitrogens with two attached hydrogens (primary N) is 1. The molecule has 25 heavy (non-hydrogen) atoms. The number of nitrogens with one attached hydrogen (secondary N) is 2. The average molecular weight is 388 g/mol. The van der Waals surface area contributed by atoms with Crippen LogP contribution in [0.3, 0.4) is 0 Å². The number of benzene rings is 1. The fraction of sp³-hybridized carbons (Fsp3) is 0.588. The predicted octanol–water partition coefficient (Wildman–Crippen LogP) is 1.19. The minimum atomic E-state index is -3.66. The van der Waals surface area contributed by atoms with Crippen molar-refractivity contribution in [3.63, 3.8) is 0 Å². The molecule has 1 amide bonds. The summed E-state index contributed by atoms with van der Waals surface area (Å²) >= 11 is 0. The van der Waals surface area contributed by atoms with Crippen LogP contribution in [0.2, 0.25) is 0 Å². The number of primary sulfonamides is 1. The molecule has 140 valence electrons. The van der Waals surface area contributed by atoms with Crippen LogP contribution in [-0.2, 0) is 21.2 Å². The average Bonchev–Trinajstić information content (AvgIpc) is 2.99. The number of sulfonamides is 1. The molecule has 1 aliphatic heterocycles. The lowest BCUT2D eigenvalue weighted by Gasteiger charge is -2.37. The third-order valence-electron chi connectivity index (χ3n) is 5.44. The van der Waals surface area contributed by atoms with E-state index in [0.29, 0.717) is 18.9 Å². The summed E-state index contributed by atoms with van der Waals surface area (Å²) in [5.41, 5.74) is 0.750. The molecule has 8 heteroatoms. The number of carbonyl (C=O) groups excluding carboxylic acids is 1. The maximum absolute atomic E-state index is 12.7. The van der Waals surface area contributed by atoms with Crippen LogP contribution >= 0.6 is 12.4 Å². The third kappa shape index (κ3) is 4.34. The summed E-state index contributed by atoms with van der Waals surface area (Å²) in [6.45, 7) is 2.29. The molecule has 1 aromatic carbocycles. The van der Waals surface area contributed by atoms with Gasteiger partial charge < -0.3 is 10.6 Å². The first-order valence-corrected chi connectivity index (χ1v) is 10.1. The highest BCUT2D eigenvalue weighted by atomic mass is 35.5. The fourth-order valence-corrected chi connectivity index (χ4v) is 4.55. The zero-order valence-electron chi connectivity index (χ0n) is 14.2. The second-order valence-corrected chi connectivity index (χ2v) is 8.49. The largest absolute Gasteiger partial charge is 0.355 e. The summed E-state index contributed by atoms with van der Waals surface area (Å²) in [5.74, 6) is 0.624. The van der Waals surface area contributed by atoms with Crippen molar-refractivity contribution in [2.75, 3.05) is 19.6 Å². The summed E-state index contributed by atoms with van der Waals surface area (Å²) in [6, 6.07) is 6.49. The Morgan fingerprint density at radius 1 is 1.28 bits per heavy atom. The Morgan fingerprint density at radius 2 is 2.00 bits per heavy atom. The molecule has 2 atom stereocenters. The Labute approximate surface area is 155 Å². The van der Waals surface area contributed by atoms with Crippen LogP contribution in [-0.4, -0.2) is 34.0 Å². The minimum absolute atomic E-state index is 0. The van der Waals surface area contributed by atoms with E-state index in [1.54, 1.807) is 12.1 Å². The number of hydrogen-bond acceptors (Lipinski definition) is 4. The lowest BCUT2D eigenvalue weighted by Crippen LogP contribution is -2.48. The van der Waals surface area contributed by atoms with Crippen LogP contribution in [0.4, 0.5) is 0 Å². The lowest BCUT2D eigenvalue weighted by atomic mass is 9.67. The van der Waals surface area contributed by atoms with E-state index in [4.69, 9.17) is 5.14 Å². The first kappa shape index (κ1) is 20.2. The second-order valence-electron chi connectivity index (χ2n) is 6.92. The van der Waals surface area contributed by atoms with Crippen molar-refractivity contribution in [2.24, 2.45) is 16.5 Å². The van der Waals surface area contributed by atoms with E-state index in [1.165, 1.54) is 18.6 Å². The van der Waals surface area contributed by atoms with Gasteiger partial charge in [0.15, 0.2) is 0 Å². The van der Waals surface area contributed by atoms with Crippen LogP contribution < -0.4 is 15.8 Å². The molecule has 0 radical (unpaired) electrons. The normalized spacial score (nSPS) is 25.7. The highest BCUT2D eigenvalue weighted by Crippen LogP contribution is 2.43. The molecule has 6 nitrogen and oxygen atoms in total. The third-order valence-corrected chi connectivity index (χ3v) is 6.37. The van der Waals surface area contributed by atoms with Gasteiger partial charge in [0.25, 0.3) is 0 Å². The van der Waals surface area contributed by atoms with Crippen LogP contribution in [0, 0.1) is 11.3 Å².